The van der Waals surface area contributed by atoms with E-state index >= 15 is 0 Å². The third-order valence-electron chi connectivity index (χ3n) is 5.33. The summed E-state index contributed by atoms with van der Waals surface area (Å²) in [6, 6.07) is 15.0. The van der Waals surface area contributed by atoms with Crippen molar-refractivity contribution in [3.63, 3.8) is 0 Å². The summed E-state index contributed by atoms with van der Waals surface area (Å²) in [5, 5.41) is 15.7. The van der Waals surface area contributed by atoms with Gasteiger partial charge in [-0.2, -0.15) is 0 Å². The summed E-state index contributed by atoms with van der Waals surface area (Å²) in [5.41, 5.74) is 4.65. The Bertz CT molecular complexity index is 1290. The number of fused-ring (bicyclic) bond motifs is 1. The molecule has 2 heterocycles. The largest absolute Gasteiger partial charge is 0.494 e. The van der Waals surface area contributed by atoms with Crippen LogP contribution >= 0.6 is 0 Å². The highest BCUT2D eigenvalue weighted by Crippen LogP contribution is 2.37. The van der Waals surface area contributed by atoms with Crippen molar-refractivity contribution < 1.29 is 14.6 Å². The van der Waals surface area contributed by atoms with Crippen LogP contribution in [0.4, 0.5) is 10.7 Å². The number of benzene rings is 2. The van der Waals surface area contributed by atoms with Gasteiger partial charge in [-0.1, -0.05) is 24.3 Å². The van der Waals surface area contributed by atoms with E-state index in [1.165, 1.54) is 0 Å². The van der Waals surface area contributed by atoms with Crippen molar-refractivity contribution in [3.8, 4) is 28.1 Å². The summed E-state index contributed by atoms with van der Waals surface area (Å²) in [7, 11) is 1.60. The number of pyridine rings is 1. The molecule has 0 aliphatic carbocycles. The molecular formula is C25H27N5O3. The smallest absolute Gasteiger partial charge is 0.321 e. The summed E-state index contributed by atoms with van der Waals surface area (Å²) >= 11 is 0. The molecule has 8 heteroatoms. The maximum Gasteiger partial charge on any atom is 0.321 e. The number of carbonyl (C=O) groups excluding carboxylic acids is 1. The van der Waals surface area contributed by atoms with Gasteiger partial charge in [-0.15, -0.1) is 0 Å². The summed E-state index contributed by atoms with van der Waals surface area (Å²) in [4.78, 5) is 24.3. The Morgan fingerprint density at radius 1 is 1.15 bits per heavy atom. The number of H-pyrrole nitrogens is 1. The number of aromatic nitrogens is 3. The van der Waals surface area contributed by atoms with E-state index in [1.807, 2.05) is 55.5 Å². The topological polar surface area (TPSA) is 112 Å². The number of methoxy groups -OCH3 is 1. The SMILES string of the molecule is CCNC(=O)Nc1nc2cc(-c3ccc(C(C)(C)O)cc3)cc(-c3ncccc3OC)c2[nH]1. The molecule has 0 spiro atoms. The first kappa shape index (κ1) is 22.3. The van der Waals surface area contributed by atoms with E-state index < -0.39 is 5.60 Å². The number of aromatic amines is 1. The van der Waals surface area contributed by atoms with Gasteiger partial charge in [-0.05, 0) is 61.7 Å². The molecule has 2 amide bonds. The molecule has 0 aliphatic heterocycles. The second-order valence-corrected chi connectivity index (χ2v) is 8.18. The molecule has 33 heavy (non-hydrogen) atoms. The fraction of sp³-hybridized carbons (Fsp3) is 0.240. The molecule has 0 aliphatic rings. The fourth-order valence-corrected chi connectivity index (χ4v) is 3.67. The zero-order valence-electron chi connectivity index (χ0n) is 19.1. The Morgan fingerprint density at radius 3 is 2.58 bits per heavy atom. The van der Waals surface area contributed by atoms with Crippen LogP contribution in [0.15, 0.2) is 54.7 Å². The molecule has 4 aromatic rings. The number of hydrogen-bond acceptors (Lipinski definition) is 5. The first-order valence-electron chi connectivity index (χ1n) is 10.7. The summed E-state index contributed by atoms with van der Waals surface area (Å²) in [6.45, 7) is 5.87. The molecule has 8 nitrogen and oxygen atoms in total. The van der Waals surface area contributed by atoms with Crippen LogP contribution in [-0.4, -0.2) is 39.7 Å². The molecule has 170 valence electrons. The minimum absolute atomic E-state index is 0.335. The molecule has 0 radical (unpaired) electrons. The first-order chi connectivity index (χ1) is 15.8. The van der Waals surface area contributed by atoms with Gasteiger partial charge in [-0.3, -0.25) is 10.3 Å². The quantitative estimate of drug-likeness (QED) is 0.345. The van der Waals surface area contributed by atoms with Crippen molar-refractivity contribution in [2.75, 3.05) is 19.0 Å². The molecule has 0 bridgehead atoms. The van der Waals surface area contributed by atoms with Crippen LogP contribution < -0.4 is 15.4 Å². The lowest BCUT2D eigenvalue weighted by molar-refractivity contribution is 0.0786. The maximum absolute atomic E-state index is 12.0. The molecule has 4 rings (SSSR count). The van der Waals surface area contributed by atoms with E-state index in [1.54, 1.807) is 27.2 Å². The van der Waals surface area contributed by atoms with E-state index in [0.29, 0.717) is 29.5 Å². The van der Waals surface area contributed by atoms with Gasteiger partial charge >= 0.3 is 6.03 Å². The molecule has 0 fully saturated rings. The van der Waals surface area contributed by atoms with E-state index in [0.717, 1.165) is 27.8 Å². The number of aliphatic hydroxyl groups is 1. The summed E-state index contributed by atoms with van der Waals surface area (Å²) in [5.74, 6) is 0.961. The van der Waals surface area contributed by atoms with Crippen LogP contribution in [0.1, 0.15) is 26.3 Å². The van der Waals surface area contributed by atoms with Crippen LogP contribution in [0.5, 0.6) is 5.75 Å². The number of carbonyl (C=O) groups is 1. The normalized spacial score (nSPS) is 11.4. The van der Waals surface area contributed by atoms with Gasteiger partial charge in [0.2, 0.25) is 5.95 Å². The Hall–Kier alpha value is -3.91. The number of hydrogen-bond donors (Lipinski definition) is 4. The highest BCUT2D eigenvalue weighted by Gasteiger charge is 2.18. The molecule has 0 atom stereocenters. The number of ether oxygens (including phenoxy) is 1. The molecule has 0 unspecified atom stereocenters. The van der Waals surface area contributed by atoms with Crippen molar-refractivity contribution in [2.45, 2.75) is 26.4 Å². The number of imidazole rings is 1. The van der Waals surface area contributed by atoms with E-state index in [9.17, 15) is 9.90 Å². The first-order valence-corrected chi connectivity index (χ1v) is 10.7. The molecule has 4 N–H and O–H groups in total. The number of urea groups is 1. The van der Waals surface area contributed by atoms with Gasteiger partial charge in [0, 0.05) is 18.3 Å². The Morgan fingerprint density at radius 2 is 1.91 bits per heavy atom. The van der Waals surface area contributed by atoms with Gasteiger partial charge in [0.15, 0.2) is 0 Å². The van der Waals surface area contributed by atoms with Crippen molar-refractivity contribution >= 4 is 23.0 Å². The summed E-state index contributed by atoms with van der Waals surface area (Å²) < 4.78 is 5.55. The zero-order valence-corrected chi connectivity index (χ0v) is 19.1. The highest BCUT2D eigenvalue weighted by atomic mass is 16.5. The number of nitrogens with zero attached hydrogens (tertiary/aromatic N) is 2. The predicted octanol–water partition coefficient (Wildman–Crippen LogP) is 4.67. The van der Waals surface area contributed by atoms with Crippen LogP contribution in [0.25, 0.3) is 33.4 Å². The summed E-state index contributed by atoms with van der Waals surface area (Å²) in [6.07, 6.45) is 1.71. The average Bonchev–Trinajstić information content (AvgIpc) is 3.20. The van der Waals surface area contributed by atoms with Gasteiger partial charge in [-0.25, -0.2) is 9.78 Å². The van der Waals surface area contributed by atoms with Crippen molar-refractivity contribution in [1.82, 2.24) is 20.3 Å². The lowest BCUT2D eigenvalue weighted by Gasteiger charge is -2.18. The second-order valence-electron chi connectivity index (χ2n) is 8.18. The van der Waals surface area contributed by atoms with Crippen molar-refractivity contribution in [3.05, 3.63) is 60.3 Å². The fourth-order valence-electron chi connectivity index (χ4n) is 3.67. The molecular weight excluding hydrogens is 418 g/mol. The zero-order chi connectivity index (χ0) is 23.6. The second kappa shape index (κ2) is 8.91. The molecule has 2 aromatic heterocycles. The number of rotatable bonds is 6. The molecule has 2 aromatic carbocycles. The molecule has 0 saturated heterocycles. The Kier molecular flexibility index (Phi) is 6.02. The molecule has 0 saturated carbocycles. The monoisotopic (exact) mass is 445 g/mol. The minimum atomic E-state index is -0.920. The Balaban J connectivity index is 1.87. The van der Waals surface area contributed by atoms with Crippen LogP contribution in [0.3, 0.4) is 0 Å². The van der Waals surface area contributed by atoms with E-state index in [2.05, 4.69) is 25.6 Å². The average molecular weight is 446 g/mol. The van der Waals surface area contributed by atoms with E-state index in [-0.39, 0.29) is 6.03 Å². The standard InChI is InChI=1S/C25H27N5O3/c1-5-26-24(31)30-23-28-19-14-16(15-8-10-17(11-9-15)25(2,3)32)13-18(21(19)29-23)22-20(33-4)7-6-12-27-22/h6-14,32H,5H2,1-4H3,(H3,26,28,29,30,31). The number of nitrogens with one attached hydrogen (secondary N) is 3. The van der Waals surface area contributed by atoms with Gasteiger partial charge in [0.1, 0.15) is 11.4 Å². The Labute approximate surface area is 192 Å². The highest BCUT2D eigenvalue weighted by molar-refractivity contribution is 5.98. The van der Waals surface area contributed by atoms with Crippen molar-refractivity contribution in [1.29, 1.82) is 0 Å². The van der Waals surface area contributed by atoms with Gasteiger partial charge in [0.05, 0.1) is 23.7 Å². The van der Waals surface area contributed by atoms with Gasteiger partial charge < -0.3 is 20.1 Å². The third-order valence-corrected chi connectivity index (χ3v) is 5.33. The lowest BCUT2D eigenvalue weighted by Crippen LogP contribution is -2.28. The lowest BCUT2D eigenvalue weighted by atomic mass is 9.94. The third kappa shape index (κ3) is 4.65. The van der Waals surface area contributed by atoms with E-state index in [4.69, 9.17) is 4.74 Å². The van der Waals surface area contributed by atoms with Crippen molar-refractivity contribution in [2.24, 2.45) is 0 Å². The maximum atomic E-state index is 12.0. The van der Waals surface area contributed by atoms with Crippen LogP contribution in [0.2, 0.25) is 0 Å². The van der Waals surface area contributed by atoms with Gasteiger partial charge in [0.25, 0.3) is 0 Å². The van der Waals surface area contributed by atoms with Crippen LogP contribution in [0, 0.1) is 0 Å². The number of anilines is 1. The minimum Gasteiger partial charge on any atom is -0.494 e. The number of amides is 2. The van der Waals surface area contributed by atoms with Crippen LogP contribution in [-0.2, 0) is 5.60 Å². The predicted molar refractivity (Wildman–Crippen MR) is 129 cm³/mol.